The fourth-order valence-electron chi connectivity index (χ4n) is 6.84. The van der Waals surface area contributed by atoms with Gasteiger partial charge >= 0.3 is 0 Å². The Morgan fingerprint density at radius 1 is 0.717 bits per heavy atom. The van der Waals surface area contributed by atoms with Crippen molar-refractivity contribution in [3.63, 3.8) is 0 Å². The molecule has 6 aromatic rings. The van der Waals surface area contributed by atoms with Crippen LogP contribution in [0.15, 0.2) is 83.4 Å². The van der Waals surface area contributed by atoms with Crippen LogP contribution in [-0.4, -0.2) is 4.98 Å². The van der Waals surface area contributed by atoms with Crippen molar-refractivity contribution in [2.45, 2.75) is 92.4 Å². The molecule has 2 aromatic heterocycles. The number of aryl methyl sites for hydroxylation is 2. The van der Waals surface area contributed by atoms with Gasteiger partial charge in [0.1, 0.15) is 12.6 Å². The summed E-state index contributed by atoms with van der Waals surface area (Å²) in [5.41, 5.74) is 14.3. The summed E-state index contributed by atoms with van der Waals surface area (Å²) in [6, 6.07) is 26.9. The summed E-state index contributed by atoms with van der Waals surface area (Å²) in [7, 11) is 2.14. The Bertz CT molecular complexity index is 2060. The molecule has 0 unspecified atom stereocenters. The van der Waals surface area contributed by atoms with E-state index in [1.807, 2.05) is 0 Å². The summed E-state index contributed by atoms with van der Waals surface area (Å²) in [5.74, 6) is 1.90. The molecule has 3 nitrogen and oxygen atoms in total. The first-order chi connectivity index (χ1) is 21.7. The van der Waals surface area contributed by atoms with Gasteiger partial charge in [-0.25, -0.2) is 9.55 Å². The van der Waals surface area contributed by atoms with Gasteiger partial charge in [0.2, 0.25) is 11.6 Å². The molecular formula is C43H49N2O+. The van der Waals surface area contributed by atoms with Crippen LogP contribution in [0.25, 0.3) is 55.7 Å². The van der Waals surface area contributed by atoms with E-state index in [-0.39, 0.29) is 5.41 Å². The zero-order valence-electron chi connectivity index (χ0n) is 29.5. The van der Waals surface area contributed by atoms with Gasteiger partial charge in [0.05, 0.1) is 0 Å². The van der Waals surface area contributed by atoms with Crippen molar-refractivity contribution >= 4 is 21.9 Å². The van der Waals surface area contributed by atoms with E-state index in [0.29, 0.717) is 17.8 Å². The molecular weight excluding hydrogens is 560 g/mol. The van der Waals surface area contributed by atoms with Gasteiger partial charge in [-0.3, -0.25) is 0 Å². The highest BCUT2D eigenvalue weighted by atomic mass is 16.3. The van der Waals surface area contributed by atoms with Crippen LogP contribution in [0.5, 0.6) is 0 Å². The Labute approximate surface area is 275 Å². The lowest BCUT2D eigenvalue weighted by Gasteiger charge is -2.24. The molecule has 3 heteroatoms. The third-order valence-electron chi connectivity index (χ3n) is 9.61. The second-order valence-electron chi connectivity index (χ2n) is 15.0. The zero-order valence-corrected chi connectivity index (χ0v) is 29.5. The molecule has 0 aliphatic heterocycles. The summed E-state index contributed by atoms with van der Waals surface area (Å²) in [4.78, 5) is 5.14. The van der Waals surface area contributed by atoms with E-state index in [0.717, 1.165) is 33.7 Å². The van der Waals surface area contributed by atoms with E-state index >= 15 is 0 Å². The minimum absolute atomic E-state index is 0.0217. The Morgan fingerprint density at radius 2 is 1.35 bits per heavy atom. The maximum atomic E-state index is 6.53. The summed E-state index contributed by atoms with van der Waals surface area (Å²) in [6.45, 7) is 22.8. The Balaban J connectivity index is 1.48. The molecule has 0 saturated carbocycles. The number of hydrogen-bond donors (Lipinski definition) is 0. The van der Waals surface area contributed by atoms with E-state index in [2.05, 4.69) is 160 Å². The quantitative estimate of drug-likeness (QED) is 0.176. The average molecular weight is 610 g/mol. The topological polar surface area (TPSA) is 29.9 Å². The van der Waals surface area contributed by atoms with E-state index in [9.17, 15) is 0 Å². The summed E-state index contributed by atoms with van der Waals surface area (Å²) >= 11 is 0. The molecule has 236 valence electrons. The van der Waals surface area contributed by atoms with Crippen LogP contribution in [0.1, 0.15) is 108 Å². The van der Waals surface area contributed by atoms with Gasteiger partial charge in [-0.15, -0.1) is 0 Å². The van der Waals surface area contributed by atoms with Crippen molar-refractivity contribution in [2.75, 3.05) is 0 Å². The molecule has 0 radical (unpaired) electrons. The van der Waals surface area contributed by atoms with Crippen LogP contribution in [0.3, 0.4) is 0 Å². The minimum Gasteiger partial charge on any atom is -0.436 e. The van der Waals surface area contributed by atoms with Crippen LogP contribution < -0.4 is 4.57 Å². The van der Waals surface area contributed by atoms with Crippen molar-refractivity contribution < 1.29 is 8.98 Å². The van der Waals surface area contributed by atoms with E-state index < -0.39 is 0 Å². The highest BCUT2D eigenvalue weighted by Crippen LogP contribution is 2.41. The molecule has 0 atom stereocenters. The first-order valence-electron chi connectivity index (χ1n) is 16.9. The number of rotatable bonds is 6. The fraction of sp³-hybridized carbons (Fsp3) is 0.349. The van der Waals surface area contributed by atoms with E-state index in [1.54, 1.807) is 0 Å². The average Bonchev–Trinajstić information content (AvgIpc) is 3.43. The van der Waals surface area contributed by atoms with Crippen LogP contribution in [-0.2, 0) is 12.5 Å². The normalized spacial score (nSPS) is 12.4. The molecule has 0 bridgehead atoms. The number of nitrogens with zero attached hydrogens (tertiary/aromatic N) is 2. The molecule has 2 heterocycles. The number of fused-ring (bicyclic) bond motifs is 2. The van der Waals surface area contributed by atoms with E-state index in [1.165, 1.54) is 49.8 Å². The number of hydrogen-bond acceptors (Lipinski definition) is 2. The highest BCUT2D eigenvalue weighted by molar-refractivity contribution is 5.94. The molecule has 46 heavy (non-hydrogen) atoms. The third kappa shape index (κ3) is 5.66. The van der Waals surface area contributed by atoms with Gasteiger partial charge < -0.3 is 4.42 Å². The smallest absolute Gasteiger partial charge is 0.227 e. The number of aromatic nitrogens is 2. The lowest BCUT2D eigenvalue weighted by Crippen LogP contribution is -2.30. The van der Waals surface area contributed by atoms with Crippen LogP contribution in [0.2, 0.25) is 0 Å². The first kappa shape index (κ1) is 31.7. The van der Waals surface area contributed by atoms with Crippen LogP contribution in [0.4, 0.5) is 0 Å². The monoisotopic (exact) mass is 609 g/mol. The standard InChI is InChI=1S/C43H49N2O/c1-25(2)31-20-34(26(3)4)41(35(21-31)27(5)6)42-44-38-22-29(16-17-40(38)46-42)30-18-19-45(11)39(23-30)36-24-37(43(8,9)10)33-15-13-12-14-32(33)28(36)7/h12-27H,1-11H3/q+1. The van der Waals surface area contributed by atoms with Gasteiger partial charge in [0.25, 0.3) is 0 Å². The second-order valence-corrected chi connectivity index (χ2v) is 15.0. The fourth-order valence-corrected chi connectivity index (χ4v) is 6.84. The molecule has 0 fully saturated rings. The molecule has 0 saturated heterocycles. The highest BCUT2D eigenvalue weighted by Gasteiger charge is 2.25. The zero-order chi connectivity index (χ0) is 33.1. The number of benzene rings is 4. The van der Waals surface area contributed by atoms with Crippen molar-refractivity contribution in [2.24, 2.45) is 7.05 Å². The maximum absolute atomic E-state index is 6.53. The molecule has 4 aromatic carbocycles. The Kier molecular flexibility index (Phi) is 8.17. The Hall–Kier alpha value is -4.24. The van der Waals surface area contributed by atoms with E-state index in [4.69, 9.17) is 9.40 Å². The second kappa shape index (κ2) is 11.8. The molecule has 0 aliphatic carbocycles. The van der Waals surface area contributed by atoms with Crippen molar-refractivity contribution in [3.05, 3.63) is 107 Å². The molecule has 6 rings (SSSR count). The largest absolute Gasteiger partial charge is 0.436 e. The lowest BCUT2D eigenvalue weighted by atomic mass is 9.80. The third-order valence-corrected chi connectivity index (χ3v) is 9.61. The Morgan fingerprint density at radius 3 is 1.96 bits per heavy atom. The molecule has 0 amide bonds. The first-order valence-corrected chi connectivity index (χ1v) is 16.9. The van der Waals surface area contributed by atoms with Gasteiger partial charge in [0.15, 0.2) is 11.8 Å². The summed E-state index contributed by atoms with van der Waals surface area (Å²) in [6.07, 6.45) is 2.18. The van der Waals surface area contributed by atoms with Crippen molar-refractivity contribution in [1.29, 1.82) is 0 Å². The van der Waals surface area contributed by atoms with Gasteiger partial charge in [-0.1, -0.05) is 105 Å². The summed E-state index contributed by atoms with van der Waals surface area (Å²) < 4.78 is 8.76. The summed E-state index contributed by atoms with van der Waals surface area (Å²) in [5, 5.41) is 2.65. The molecule has 0 spiro atoms. The molecule has 0 N–H and O–H groups in total. The minimum atomic E-state index is 0.0217. The molecule has 0 aliphatic rings. The predicted molar refractivity (Wildman–Crippen MR) is 195 cm³/mol. The van der Waals surface area contributed by atoms with Gasteiger partial charge in [-0.05, 0) is 98.0 Å². The lowest BCUT2D eigenvalue weighted by molar-refractivity contribution is -0.660. The SMILES string of the molecule is Cc1c(-c2cc(-c3ccc4oc(-c5c(C(C)C)cc(C(C)C)cc5C(C)C)nc4c3)cc[n+]2C)cc(C(C)(C)C)c2ccccc12. The van der Waals surface area contributed by atoms with Gasteiger partial charge in [-0.2, -0.15) is 0 Å². The number of pyridine rings is 1. The van der Waals surface area contributed by atoms with Crippen molar-refractivity contribution in [3.8, 4) is 33.8 Å². The number of oxazole rings is 1. The van der Waals surface area contributed by atoms with Crippen LogP contribution in [0, 0.1) is 6.92 Å². The predicted octanol–water partition coefficient (Wildman–Crippen LogP) is 11.8. The van der Waals surface area contributed by atoms with Crippen molar-refractivity contribution in [1.82, 2.24) is 4.98 Å². The van der Waals surface area contributed by atoms with Crippen LogP contribution >= 0.6 is 0 Å². The van der Waals surface area contributed by atoms with Gasteiger partial charge in [0, 0.05) is 23.3 Å². The maximum Gasteiger partial charge on any atom is 0.227 e.